The molecule has 0 aliphatic carbocycles. The molecule has 2 aromatic carbocycles. The summed E-state index contributed by atoms with van der Waals surface area (Å²) in [6.07, 6.45) is 3.43. The minimum Gasteiger partial charge on any atom is -0.393 e. The van der Waals surface area contributed by atoms with E-state index in [2.05, 4.69) is 20.8 Å². The van der Waals surface area contributed by atoms with Gasteiger partial charge >= 0.3 is 5.97 Å². The van der Waals surface area contributed by atoms with Crippen LogP contribution in [0.4, 0.5) is 0 Å². The molecule has 0 saturated heterocycles. The summed E-state index contributed by atoms with van der Waals surface area (Å²) in [5, 5.41) is 14.7. The number of H-pyrrole nitrogens is 1. The van der Waals surface area contributed by atoms with Gasteiger partial charge in [0.1, 0.15) is 6.04 Å². The fourth-order valence-electron chi connectivity index (χ4n) is 3.94. The Morgan fingerprint density at radius 2 is 1.81 bits per heavy atom. The summed E-state index contributed by atoms with van der Waals surface area (Å²) in [6.45, 7) is 4.04. The number of fused-ring (bicyclic) bond motifs is 1. The number of imidazole rings is 1. The van der Waals surface area contributed by atoms with Crippen LogP contribution in [0.2, 0.25) is 0 Å². The Kier molecular flexibility index (Phi) is 10.2. The number of aromatic amines is 1. The van der Waals surface area contributed by atoms with E-state index >= 15 is 0 Å². The second kappa shape index (κ2) is 13.5. The first-order valence-electron chi connectivity index (χ1n) is 12.4. The molecule has 3 aromatic rings. The van der Waals surface area contributed by atoms with Gasteiger partial charge in [0.05, 0.1) is 24.9 Å². The molecule has 3 rings (SSSR count). The highest BCUT2D eigenvalue weighted by atomic mass is 16.7. The third kappa shape index (κ3) is 8.69. The van der Waals surface area contributed by atoms with Gasteiger partial charge in [-0.1, -0.05) is 56.3 Å². The number of hydrogen-bond donors (Lipinski definition) is 5. The Labute approximate surface area is 215 Å². The third-order valence-electron chi connectivity index (χ3n) is 6.01. The molecule has 198 valence electrons. The topological polar surface area (TPSA) is 159 Å². The molecule has 0 saturated carbocycles. The molecule has 1 aromatic heterocycles. The van der Waals surface area contributed by atoms with Gasteiger partial charge in [-0.2, -0.15) is 5.48 Å². The Balaban J connectivity index is 1.60. The van der Waals surface area contributed by atoms with Gasteiger partial charge < -0.3 is 26.0 Å². The molecule has 10 nitrogen and oxygen atoms in total. The van der Waals surface area contributed by atoms with E-state index in [0.29, 0.717) is 18.0 Å². The molecular weight excluding hydrogens is 474 g/mol. The number of rotatable bonds is 12. The molecule has 37 heavy (non-hydrogen) atoms. The van der Waals surface area contributed by atoms with E-state index < -0.39 is 36.0 Å². The zero-order chi connectivity index (χ0) is 26.8. The number of aromatic nitrogens is 2. The van der Waals surface area contributed by atoms with Crippen LogP contribution in [0.25, 0.3) is 10.8 Å². The lowest BCUT2D eigenvalue weighted by Crippen LogP contribution is -2.53. The predicted octanol–water partition coefficient (Wildman–Crippen LogP) is 1.92. The lowest BCUT2D eigenvalue weighted by molar-refractivity contribution is -0.161. The van der Waals surface area contributed by atoms with Crippen molar-refractivity contribution in [2.45, 2.75) is 64.1 Å². The Hall–Kier alpha value is -3.76. The molecule has 1 heterocycles. The highest BCUT2D eigenvalue weighted by molar-refractivity contribution is 5.91. The number of carbonyl (C=O) groups excluding carboxylic acids is 3. The molecule has 2 amide bonds. The normalized spacial score (nSPS) is 13.6. The van der Waals surface area contributed by atoms with Crippen LogP contribution in [0.5, 0.6) is 0 Å². The monoisotopic (exact) mass is 509 g/mol. The summed E-state index contributed by atoms with van der Waals surface area (Å²) >= 11 is 0. The second-order valence-electron chi connectivity index (χ2n) is 9.56. The lowest BCUT2D eigenvalue weighted by atomic mass is 9.98. The summed E-state index contributed by atoms with van der Waals surface area (Å²) < 4.78 is 0. The van der Waals surface area contributed by atoms with Crippen LogP contribution in [-0.4, -0.2) is 51.0 Å². The van der Waals surface area contributed by atoms with Crippen molar-refractivity contribution < 1.29 is 24.3 Å². The molecule has 6 N–H and O–H groups in total. The Bertz CT molecular complexity index is 1180. The number of hydrogen-bond acceptors (Lipinski definition) is 7. The molecule has 0 fully saturated rings. The zero-order valence-corrected chi connectivity index (χ0v) is 21.1. The van der Waals surface area contributed by atoms with E-state index in [1.165, 1.54) is 12.5 Å². The van der Waals surface area contributed by atoms with Crippen molar-refractivity contribution in [2.75, 3.05) is 0 Å². The molecule has 3 atom stereocenters. The molecular formula is C27H35N5O5. The maximum Gasteiger partial charge on any atom is 0.334 e. The van der Waals surface area contributed by atoms with E-state index in [4.69, 9.17) is 10.6 Å². The van der Waals surface area contributed by atoms with Crippen LogP contribution in [0, 0.1) is 5.92 Å². The predicted molar refractivity (Wildman–Crippen MR) is 139 cm³/mol. The number of carbonyl (C=O) groups is 3. The van der Waals surface area contributed by atoms with Gasteiger partial charge in [-0.15, -0.1) is 0 Å². The molecule has 0 bridgehead atoms. The smallest absolute Gasteiger partial charge is 0.334 e. The lowest BCUT2D eigenvalue weighted by Gasteiger charge is -2.20. The van der Waals surface area contributed by atoms with E-state index in [9.17, 15) is 19.5 Å². The molecule has 10 heteroatoms. The van der Waals surface area contributed by atoms with Crippen LogP contribution in [0.1, 0.15) is 44.4 Å². The highest BCUT2D eigenvalue weighted by Gasteiger charge is 2.26. The Morgan fingerprint density at radius 1 is 1.05 bits per heavy atom. The fourth-order valence-corrected chi connectivity index (χ4v) is 3.94. The maximum absolute atomic E-state index is 13.0. The number of benzene rings is 2. The van der Waals surface area contributed by atoms with E-state index in [1.807, 2.05) is 56.3 Å². The fraction of sp³-hybridized carbons (Fsp3) is 0.407. The highest BCUT2D eigenvalue weighted by Crippen LogP contribution is 2.19. The first-order chi connectivity index (χ1) is 17.7. The van der Waals surface area contributed by atoms with Gasteiger partial charge in [-0.05, 0) is 41.5 Å². The van der Waals surface area contributed by atoms with Crippen LogP contribution in [-0.2, 0) is 32.1 Å². The number of nitrogens with zero attached hydrogens (tertiary/aromatic N) is 1. The summed E-state index contributed by atoms with van der Waals surface area (Å²) in [5.41, 5.74) is 9.82. The summed E-state index contributed by atoms with van der Waals surface area (Å²) in [5.74, 6) is -1.64. The number of aliphatic hydroxyl groups is 1. The van der Waals surface area contributed by atoms with Crippen molar-refractivity contribution in [3.8, 4) is 0 Å². The number of nitrogens with one attached hydrogen (secondary N) is 3. The molecule has 0 unspecified atom stereocenters. The van der Waals surface area contributed by atoms with Crippen LogP contribution >= 0.6 is 0 Å². The summed E-state index contributed by atoms with van der Waals surface area (Å²) in [4.78, 5) is 49.5. The van der Waals surface area contributed by atoms with E-state index in [0.717, 1.165) is 22.8 Å². The molecule has 0 radical (unpaired) electrons. The van der Waals surface area contributed by atoms with E-state index in [-0.39, 0.29) is 19.3 Å². The van der Waals surface area contributed by atoms with Gasteiger partial charge in [-0.25, -0.2) is 9.78 Å². The van der Waals surface area contributed by atoms with Crippen molar-refractivity contribution in [1.82, 2.24) is 20.8 Å². The number of aliphatic hydroxyl groups excluding tert-OH is 1. The quantitative estimate of drug-likeness (QED) is 0.233. The van der Waals surface area contributed by atoms with E-state index in [1.54, 1.807) is 0 Å². The van der Waals surface area contributed by atoms with Crippen molar-refractivity contribution in [1.29, 1.82) is 0 Å². The molecule has 0 spiro atoms. The zero-order valence-electron chi connectivity index (χ0n) is 21.1. The van der Waals surface area contributed by atoms with Crippen LogP contribution < -0.4 is 16.5 Å². The first-order valence-corrected chi connectivity index (χ1v) is 12.4. The van der Waals surface area contributed by atoms with Gasteiger partial charge in [-0.3, -0.25) is 9.59 Å². The largest absolute Gasteiger partial charge is 0.393 e. The van der Waals surface area contributed by atoms with Gasteiger partial charge in [0.25, 0.3) is 5.91 Å². The molecule has 0 aliphatic heterocycles. The second-order valence-corrected chi connectivity index (χ2v) is 9.56. The third-order valence-corrected chi connectivity index (χ3v) is 6.01. The SMILES string of the molecule is CC(C)CC[C@H](O)CC(=O)ONC(=O)[C@@H](Cc1cnc[nH]1)NC(=O)[C@H](N)Cc1cccc2ccccc12. The summed E-state index contributed by atoms with van der Waals surface area (Å²) in [7, 11) is 0. The van der Waals surface area contributed by atoms with Gasteiger partial charge in [0, 0.05) is 18.3 Å². The molecule has 0 aliphatic rings. The average Bonchev–Trinajstić information content (AvgIpc) is 3.39. The van der Waals surface area contributed by atoms with Crippen LogP contribution in [0.15, 0.2) is 55.0 Å². The van der Waals surface area contributed by atoms with Crippen molar-refractivity contribution in [3.05, 3.63) is 66.2 Å². The van der Waals surface area contributed by atoms with Crippen molar-refractivity contribution in [2.24, 2.45) is 11.7 Å². The van der Waals surface area contributed by atoms with Crippen molar-refractivity contribution in [3.63, 3.8) is 0 Å². The van der Waals surface area contributed by atoms with Crippen molar-refractivity contribution >= 4 is 28.6 Å². The number of nitrogens with two attached hydrogens (primary N) is 1. The number of hydroxylamine groups is 1. The van der Waals surface area contributed by atoms with Gasteiger partial charge in [0.15, 0.2) is 0 Å². The summed E-state index contributed by atoms with van der Waals surface area (Å²) in [6, 6.07) is 11.6. The average molecular weight is 510 g/mol. The standard InChI is InChI=1S/C27H35N5O5/c1-17(2)10-11-21(33)14-25(34)37-32-27(36)24(13-20-15-29-16-30-20)31-26(35)23(28)12-19-8-5-7-18-6-3-4-9-22(18)19/h3-9,15-17,21,23-24,33H,10-14,28H2,1-2H3,(H,29,30)(H,31,35)(H,32,36)/t21-,23+,24+/m0/s1. The number of amides is 2. The van der Waals surface area contributed by atoms with Gasteiger partial charge in [0.2, 0.25) is 5.91 Å². The Morgan fingerprint density at radius 3 is 2.54 bits per heavy atom. The minimum absolute atomic E-state index is 0.0765. The first kappa shape index (κ1) is 27.8. The minimum atomic E-state index is -1.08. The van der Waals surface area contributed by atoms with Crippen LogP contribution in [0.3, 0.4) is 0 Å². The maximum atomic E-state index is 13.0.